The Bertz CT molecular complexity index is 409. The largest absolute Gasteiger partial charge is 0.312 e. The Morgan fingerprint density at radius 2 is 1.75 bits per heavy atom. The second-order valence-corrected chi connectivity index (χ2v) is 6.22. The van der Waals surface area contributed by atoms with Gasteiger partial charge in [-0.15, -0.1) is 0 Å². The van der Waals surface area contributed by atoms with E-state index in [0.29, 0.717) is 18.0 Å². The molecule has 1 aliphatic rings. The predicted octanol–water partition coefficient (Wildman–Crippen LogP) is 1.34. The lowest BCUT2D eigenvalue weighted by molar-refractivity contribution is 0.401. The van der Waals surface area contributed by atoms with Crippen LogP contribution in [-0.2, 0) is 13.1 Å². The third kappa shape index (κ3) is 4.28. The van der Waals surface area contributed by atoms with Gasteiger partial charge in [-0.25, -0.2) is 0 Å². The minimum atomic E-state index is 0.526. The Labute approximate surface area is 122 Å². The lowest BCUT2D eigenvalue weighted by Crippen LogP contribution is -2.33. The molecule has 1 aromatic rings. The summed E-state index contributed by atoms with van der Waals surface area (Å²) < 4.78 is 0. The van der Waals surface area contributed by atoms with Gasteiger partial charge in [0.25, 0.3) is 0 Å². The van der Waals surface area contributed by atoms with Gasteiger partial charge in [0.15, 0.2) is 0 Å². The molecule has 1 heterocycles. The molecule has 0 radical (unpaired) electrons. The molecule has 112 valence electrons. The predicted molar refractivity (Wildman–Crippen MR) is 84.2 cm³/mol. The summed E-state index contributed by atoms with van der Waals surface area (Å²) in [5.41, 5.74) is 9.35. The summed E-state index contributed by atoms with van der Waals surface area (Å²) in [5.74, 6) is 0.639. The summed E-state index contributed by atoms with van der Waals surface area (Å²) in [4.78, 5) is 2.20. The van der Waals surface area contributed by atoms with E-state index >= 15 is 0 Å². The molecular weight excluding hydrogens is 248 g/mol. The highest BCUT2D eigenvalue weighted by molar-refractivity contribution is 5.23. The van der Waals surface area contributed by atoms with E-state index in [1.165, 1.54) is 11.1 Å². The van der Waals surface area contributed by atoms with Crippen molar-refractivity contribution in [2.45, 2.75) is 39.0 Å². The first-order valence-electron chi connectivity index (χ1n) is 7.50. The Morgan fingerprint density at radius 3 is 2.40 bits per heavy atom. The number of hydrogen-bond donors (Lipinski definition) is 3. The molecular formula is C16H28N4. The van der Waals surface area contributed by atoms with Gasteiger partial charge < -0.3 is 10.2 Å². The molecule has 0 saturated carbocycles. The van der Waals surface area contributed by atoms with E-state index in [-0.39, 0.29) is 0 Å². The van der Waals surface area contributed by atoms with Crippen molar-refractivity contribution in [3.63, 3.8) is 0 Å². The maximum Gasteiger partial charge on any atom is 0.0240 e. The summed E-state index contributed by atoms with van der Waals surface area (Å²) in [5, 5.41) is 3.59. The molecule has 1 fully saturated rings. The van der Waals surface area contributed by atoms with Crippen molar-refractivity contribution in [2.24, 2.45) is 5.92 Å². The third-order valence-corrected chi connectivity index (χ3v) is 4.02. The number of nitrogens with one attached hydrogen (secondary N) is 3. The van der Waals surface area contributed by atoms with Crippen molar-refractivity contribution < 1.29 is 0 Å². The van der Waals surface area contributed by atoms with Gasteiger partial charge in [0.05, 0.1) is 0 Å². The van der Waals surface area contributed by atoms with E-state index < -0.39 is 0 Å². The first-order chi connectivity index (χ1) is 9.56. The Hall–Kier alpha value is -0.940. The standard InChI is InChI=1S/C16H28N4/c1-12-16(13(2)19-18-12)10-17-9-14-6-5-7-15(8-14)11-20(3)4/h5-8,12-13,16-19H,9-11H2,1-4H3. The molecule has 0 spiro atoms. The number of rotatable bonds is 6. The molecule has 2 atom stereocenters. The molecule has 2 rings (SSSR count). The molecule has 4 heteroatoms. The van der Waals surface area contributed by atoms with Crippen LogP contribution in [0.4, 0.5) is 0 Å². The maximum absolute atomic E-state index is 3.59. The van der Waals surface area contributed by atoms with Gasteiger partial charge in [0.2, 0.25) is 0 Å². The fourth-order valence-corrected chi connectivity index (χ4v) is 2.85. The Balaban J connectivity index is 1.82. The van der Waals surface area contributed by atoms with E-state index in [1.807, 2.05) is 0 Å². The summed E-state index contributed by atoms with van der Waals surface area (Å²) in [7, 11) is 4.21. The molecule has 0 aromatic heterocycles. The van der Waals surface area contributed by atoms with Gasteiger partial charge >= 0.3 is 0 Å². The van der Waals surface area contributed by atoms with Crippen molar-refractivity contribution in [1.82, 2.24) is 21.1 Å². The highest BCUT2D eigenvalue weighted by Crippen LogP contribution is 2.13. The van der Waals surface area contributed by atoms with Crippen LogP contribution < -0.4 is 16.2 Å². The normalized spacial score (nSPS) is 26.4. The maximum atomic E-state index is 3.59. The number of nitrogens with zero attached hydrogens (tertiary/aromatic N) is 1. The summed E-state index contributed by atoms with van der Waals surface area (Å²) in [6, 6.07) is 9.89. The highest BCUT2D eigenvalue weighted by Gasteiger charge is 2.28. The van der Waals surface area contributed by atoms with E-state index in [1.54, 1.807) is 0 Å². The average molecular weight is 276 g/mol. The Kier molecular flexibility index (Phi) is 5.54. The monoisotopic (exact) mass is 276 g/mol. The fraction of sp³-hybridized carbons (Fsp3) is 0.625. The molecule has 0 amide bonds. The van der Waals surface area contributed by atoms with Crippen molar-refractivity contribution in [3.05, 3.63) is 35.4 Å². The van der Waals surface area contributed by atoms with E-state index in [9.17, 15) is 0 Å². The van der Waals surface area contributed by atoms with Gasteiger partial charge in [-0.3, -0.25) is 10.9 Å². The number of hydrogen-bond acceptors (Lipinski definition) is 4. The SMILES string of the molecule is CC1NNC(C)C1CNCc1cccc(CN(C)C)c1. The van der Waals surface area contributed by atoms with Crippen molar-refractivity contribution >= 4 is 0 Å². The summed E-state index contributed by atoms with van der Waals surface area (Å²) >= 11 is 0. The highest BCUT2D eigenvalue weighted by atomic mass is 15.4. The van der Waals surface area contributed by atoms with Crippen molar-refractivity contribution in [3.8, 4) is 0 Å². The zero-order valence-electron chi connectivity index (χ0n) is 13.1. The van der Waals surface area contributed by atoms with Gasteiger partial charge in [0, 0.05) is 37.6 Å². The van der Waals surface area contributed by atoms with Crippen molar-refractivity contribution in [2.75, 3.05) is 20.6 Å². The molecule has 1 saturated heterocycles. The first kappa shape index (κ1) is 15.4. The van der Waals surface area contributed by atoms with Crippen LogP contribution in [0.2, 0.25) is 0 Å². The van der Waals surface area contributed by atoms with E-state index in [2.05, 4.69) is 73.3 Å². The minimum absolute atomic E-state index is 0.526. The van der Waals surface area contributed by atoms with Gasteiger partial charge in [-0.2, -0.15) is 0 Å². The Morgan fingerprint density at radius 1 is 1.10 bits per heavy atom. The molecule has 4 nitrogen and oxygen atoms in total. The third-order valence-electron chi connectivity index (χ3n) is 4.02. The van der Waals surface area contributed by atoms with Crippen LogP contribution in [-0.4, -0.2) is 37.6 Å². The zero-order valence-corrected chi connectivity index (χ0v) is 13.1. The smallest absolute Gasteiger partial charge is 0.0240 e. The molecule has 2 unspecified atom stereocenters. The average Bonchev–Trinajstić information content (AvgIpc) is 2.70. The van der Waals surface area contributed by atoms with Gasteiger partial charge in [-0.05, 0) is 39.1 Å². The van der Waals surface area contributed by atoms with Gasteiger partial charge in [0.1, 0.15) is 0 Å². The number of hydrazine groups is 1. The van der Waals surface area contributed by atoms with E-state index in [0.717, 1.165) is 19.6 Å². The lowest BCUT2D eigenvalue weighted by Gasteiger charge is -2.18. The molecule has 0 aliphatic carbocycles. The molecule has 1 aliphatic heterocycles. The van der Waals surface area contributed by atoms with Crippen LogP contribution in [0.25, 0.3) is 0 Å². The zero-order chi connectivity index (χ0) is 14.5. The topological polar surface area (TPSA) is 39.3 Å². The van der Waals surface area contributed by atoms with Gasteiger partial charge in [-0.1, -0.05) is 24.3 Å². The van der Waals surface area contributed by atoms with Crippen LogP contribution >= 0.6 is 0 Å². The molecule has 3 N–H and O–H groups in total. The lowest BCUT2D eigenvalue weighted by atomic mass is 9.96. The second kappa shape index (κ2) is 7.18. The molecule has 0 bridgehead atoms. The van der Waals surface area contributed by atoms with Crippen LogP contribution in [0.1, 0.15) is 25.0 Å². The fourth-order valence-electron chi connectivity index (χ4n) is 2.85. The van der Waals surface area contributed by atoms with Crippen molar-refractivity contribution in [1.29, 1.82) is 0 Å². The van der Waals surface area contributed by atoms with Crippen LogP contribution in [0.15, 0.2) is 24.3 Å². The number of benzene rings is 1. The summed E-state index contributed by atoms with van der Waals surface area (Å²) in [6.45, 7) is 7.46. The van der Waals surface area contributed by atoms with Crippen LogP contribution in [0.5, 0.6) is 0 Å². The molecule has 20 heavy (non-hydrogen) atoms. The quantitative estimate of drug-likeness (QED) is 0.733. The molecule has 1 aromatic carbocycles. The van der Waals surface area contributed by atoms with E-state index in [4.69, 9.17) is 0 Å². The van der Waals surface area contributed by atoms with Crippen LogP contribution in [0, 0.1) is 5.92 Å². The van der Waals surface area contributed by atoms with Crippen LogP contribution in [0.3, 0.4) is 0 Å². The second-order valence-electron chi connectivity index (χ2n) is 6.22. The minimum Gasteiger partial charge on any atom is -0.312 e. The first-order valence-corrected chi connectivity index (χ1v) is 7.50. The summed E-state index contributed by atoms with van der Waals surface area (Å²) in [6.07, 6.45) is 0.